The van der Waals surface area contributed by atoms with Crippen LogP contribution in [-0.4, -0.2) is 35.7 Å². The molecular formula is C23H32N2O2. The summed E-state index contributed by atoms with van der Waals surface area (Å²) >= 11 is 0. The van der Waals surface area contributed by atoms with Crippen molar-refractivity contribution in [3.8, 4) is 0 Å². The molecule has 2 aromatic rings. The van der Waals surface area contributed by atoms with Gasteiger partial charge in [-0.3, -0.25) is 4.90 Å². The zero-order valence-electron chi connectivity index (χ0n) is 17.0. The van der Waals surface area contributed by atoms with Crippen molar-refractivity contribution in [2.75, 3.05) is 7.05 Å². The lowest BCUT2D eigenvalue weighted by Gasteiger charge is -2.38. The Bertz CT molecular complexity index is 781. The molecule has 0 aliphatic heterocycles. The van der Waals surface area contributed by atoms with Crippen LogP contribution < -0.4 is 5.32 Å². The Labute approximate surface area is 162 Å². The molecule has 1 aliphatic carbocycles. The molecule has 0 saturated heterocycles. The minimum atomic E-state index is -0.467. The van der Waals surface area contributed by atoms with E-state index in [9.17, 15) is 4.79 Å². The number of likely N-dealkylation sites (N-methyl/N-ethyl adjacent to an activating group) is 1. The van der Waals surface area contributed by atoms with E-state index in [2.05, 4.69) is 59.7 Å². The molecule has 27 heavy (non-hydrogen) atoms. The van der Waals surface area contributed by atoms with Crippen molar-refractivity contribution in [2.24, 2.45) is 0 Å². The summed E-state index contributed by atoms with van der Waals surface area (Å²) in [6.07, 6.45) is 4.16. The van der Waals surface area contributed by atoms with Gasteiger partial charge in [0, 0.05) is 18.6 Å². The second kappa shape index (κ2) is 8.30. The maximum absolute atomic E-state index is 12.2. The van der Waals surface area contributed by atoms with Gasteiger partial charge in [-0.1, -0.05) is 49.2 Å². The van der Waals surface area contributed by atoms with Gasteiger partial charge in [-0.15, -0.1) is 0 Å². The second-order valence-corrected chi connectivity index (χ2v) is 8.70. The Hall–Kier alpha value is -2.07. The van der Waals surface area contributed by atoms with Gasteiger partial charge in [0.25, 0.3) is 0 Å². The lowest BCUT2D eigenvalue weighted by molar-refractivity contribution is 0.0437. The van der Waals surface area contributed by atoms with Crippen LogP contribution in [0, 0.1) is 0 Å². The number of fused-ring (bicyclic) bond motifs is 1. The molecule has 146 valence electrons. The summed E-state index contributed by atoms with van der Waals surface area (Å²) in [6, 6.07) is 15.6. The number of hydrogen-bond donors (Lipinski definition) is 1. The molecule has 1 N–H and O–H groups in total. The molecule has 0 unspecified atom stereocenters. The van der Waals surface area contributed by atoms with Crippen LogP contribution >= 0.6 is 0 Å². The Morgan fingerprint density at radius 3 is 2.56 bits per heavy atom. The van der Waals surface area contributed by atoms with Crippen LogP contribution in [-0.2, 0) is 11.3 Å². The maximum atomic E-state index is 12.2. The summed E-state index contributed by atoms with van der Waals surface area (Å²) in [5.74, 6) is 0. The fraction of sp³-hybridized carbons (Fsp3) is 0.522. The summed E-state index contributed by atoms with van der Waals surface area (Å²) in [6.45, 7) is 6.58. The van der Waals surface area contributed by atoms with Crippen molar-refractivity contribution in [2.45, 2.75) is 70.7 Å². The van der Waals surface area contributed by atoms with E-state index >= 15 is 0 Å². The smallest absolute Gasteiger partial charge is 0.407 e. The third-order valence-electron chi connectivity index (χ3n) is 5.24. The normalized spacial score (nSPS) is 20.6. The first-order valence-corrected chi connectivity index (χ1v) is 9.99. The quantitative estimate of drug-likeness (QED) is 0.815. The zero-order chi connectivity index (χ0) is 19.4. The average Bonchev–Trinajstić information content (AvgIpc) is 2.60. The molecule has 1 fully saturated rings. The maximum Gasteiger partial charge on any atom is 0.407 e. The van der Waals surface area contributed by atoms with Crippen molar-refractivity contribution in [3.05, 3.63) is 48.0 Å². The summed E-state index contributed by atoms with van der Waals surface area (Å²) in [5.41, 5.74) is 0.836. The standard InChI is InChI=1S/C23H32N2O2/c1-23(2,3)27-22(26)24-20-11-7-8-12-21(20)25(4)16-17-13-14-18-9-5-6-10-19(18)15-17/h5-6,9-10,13-15,20-21H,7-8,11-12,16H2,1-4H3,(H,24,26)/t20-,21-/m0/s1. The Kier molecular flexibility index (Phi) is 6.05. The number of nitrogens with one attached hydrogen (secondary N) is 1. The zero-order valence-corrected chi connectivity index (χ0v) is 17.0. The molecule has 1 amide bonds. The van der Waals surface area contributed by atoms with Crippen LogP contribution in [0.1, 0.15) is 52.0 Å². The largest absolute Gasteiger partial charge is 0.444 e. The predicted octanol–water partition coefficient (Wildman–Crippen LogP) is 5.11. The van der Waals surface area contributed by atoms with E-state index in [4.69, 9.17) is 4.74 Å². The van der Waals surface area contributed by atoms with Crippen molar-refractivity contribution < 1.29 is 9.53 Å². The van der Waals surface area contributed by atoms with Gasteiger partial charge in [-0.25, -0.2) is 4.79 Å². The lowest BCUT2D eigenvalue weighted by atomic mass is 9.89. The fourth-order valence-electron chi connectivity index (χ4n) is 4.01. The average molecular weight is 369 g/mol. The molecule has 2 atom stereocenters. The van der Waals surface area contributed by atoms with Crippen molar-refractivity contribution in [1.29, 1.82) is 0 Å². The number of ether oxygens (including phenoxy) is 1. The highest BCUT2D eigenvalue weighted by molar-refractivity contribution is 5.82. The molecular weight excluding hydrogens is 336 g/mol. The number of carbonyl (C=O) groups is 1. The van der Waals surface area contributed by atoms with Crippen molar-refractivity contribution in [1.82, 2.24) is 10.2 Å². The van der Waals surface area contributed by atoms with Crippen LogP contribution in [0.3, 0.4) is 0 Å². The molecule has 1 saturated carbocycles. The highest BCUT2D eigenvalue weighted by atomic mass is 16.6. The summed E-state index contributed by atoms with van der Waals surface area (Å²) in [5, 5.41) is 5.66. The van der Waals surface area contributed by atoms with E-state index in [0.717, 1.165) is 25.8 Å². The van der Waals surface area contributed by atoms with Gasteiger partial charge in [0.1, 0.15) is 5.60 Å². The molecule has 4 heteroatoms. The molecule has 0 spiro atoms. The van der Waals surface area contributed by atoms with E-state index in [1.54, 1.807) is 0 Å². The topological polar surface area (TPSA) is 41.6 Å². The number of nitrogens with zero attached hydrogens (tertiary/aromatic N) is 1. The van der Waals surface area contributed by atoms with Crippen molar-refractivity contribution >= 4 is 16.9 Å². The number of hydrogen-bond acceptors (Lipinski definition) is 3. The van der Waals surface area contributed by atoms with Gasteiger partial charge < -0.3 is 10.1 Å². The summed E-state index contributed by atoms with van der Waals surface area (Å²) in [4.78, 5) is 14.6. The first-order chi connectivity index (χ1) is 12.8. The third kappa shape index (κ3) is 5.46. The predicted molar refractivity (Wildman–Crippen MR) is 111 cm³/mol. The Morgan fingerprint density at radius 1 is 1.11 bits per heavy atom. The highest BCUT2D eigenvalue weighted by Crippen LogP contribution is 2.25. The van der Waals surface area contributed by atoms with Gasteiger partial charge >= 0.3 is 6.09 Å². The molecule has 0 aromatic heterocycles. The molecule has 0 bridgehead atoms. The Balaban J connectivity index is 1.66. The fourth-order valence-corrected chi connectivity index (χ4v) is 4.01. The lowest BCUT2D eigenvalue weighted by Crippen LogP contribution is -2.52. The number of benzene rings is 2. The first kappa shape index (κ1) is 19.7. The number of rotatable bonds is 4. The van der Waals surface area contributed by atoms with Crippen LogP contribution in [0.25, 0.3) is 10.8 Å². The minimum absolute atomic E-state index is 0.138. The third-order valence-corrected chi connectivity index (χ3v) is 5.24. The van der Waals surface area contributed by atoms with Crippen LogP contribution in [0.15, 0.2) is 42.5 Å². The van der Waals surface area contributed by atoms with Crippen LogP contribution in [0.5, 0.6) is 0 Å². The number of alkyl carbamates (subject to hydrolysis) is 1. The van der Waals surface area contributed by atoms with E-state index in [1.165, 1.54) is 22.8 Å². The van der Waals surface area contributed by atoms with Gasteiger partial charge in [-0.2, -0.15) is 0 Å². The number of amides is 1. The van der Waals surface area contributed by atoms with Gasteiger partial charge in [0.05, 0.1) is 0 Å². The molecule has 2 aromatic carbocycles. The first-order valence-electron chi connectivity index (χ1n) is 9.99. The molecule has 4 nitrogen and oxygen atoms in total. The van der Waals surface area contributed by atoms with Crippen LogP contribution in [0.2, 0.25) is 0 Å². The molecule has 1 aliphatic rings. The monoisotopic (exact) mass is 368 g/mol. The second-order valence-electron chi connectivity index (χ2n) is 8.70. The van der Waals surface area contributed by atoms with E-state index in [0.29, 0.717) is 6.04 Å². The minimum Gasteiger partial charge on any atom is -0.444 e. The molecule has 3 rings (SSSR count). The van der Waals surface area contributed by atoms with E-state index in [1.807, 2.05) is 20.8 Å². The van der Waals surface area contributed by atoms with E-state index in [-0.39, 0.29) is 12.1 Å². The molecule has 0 radical (unpaired) electrons. The SMILES string of the molecule is CN(Cc1ccc2ccccc2c1)[C@H]1CCCC[C@@H]1NC(=O)OC(C)(C)C. The van der Waals surface area contributed by atoms with Crippen LogP contribution in [0.4, 0.5) is 4.79 Å². The number of carbonyl (C=O) groups excluding carboxylic acids is 1. The summed E-state index contributed by atoms with van der Waals surface area (Å²) in [7, 11) is 2.16. The molecule has 0 heterocycles. The van der Waals surface area contributed by atoms with E-state index < -0.39 is 5.60 Å². The van der Waals surface area contributed by atoms with Gasteiger partial charge in [0.15, 0.2) is 0 Å². The van der Waals surface area contributed by atoms with Gasteiger partial charge in [-0.05, 0) is 63.1 Å². The van der Waals surface area contributed by atoms with Gasteiger partial charge in [0.2, 0.25) is 0 Å². The van der Waals surface area contributed by atoms with Crippen molar-refractivity contribution in [3.63, 3.8) is 0 Å². The summed E-state index contributed by atoms with van der Waals surface area (Å²) < 4.78 is 5.47. The Morgan fingerprint density at radius 2 is 1.81 bits per heavy atom. The highest BCUT2D eigenvalue weighted by Gasteiger charge is 2.30.